The lowest BCUT2D eigenvalue weighted by Crippen LogP contribution is -2.43. The molecule has 1 aromatic carbocycles. The monoisotopic (exact) mass is 421 g/mol. The Hall–Kier alpha value is -2.09. The molecule has 0 radical (unpaired) electrons. The summed E-state index contributed by atoms with van der Waals surface area (Å²) in [5.74, 6) is -1.16. The molecule has 13 heteroatoms. The minimum Gasteiger partial charge on any atom is -0.379 e. The van der Waals surface area contributed by atoms with Gasteiger partial charge in [-0.1, -0.05) is 0 Å². The average Bonchev–Trinajstić information content (AvgIpc) is 2.61. The van der Waals surface area contributed by atoms with Crippen LogP contribution < -0.4 is 5.32 Å². The topological polar surface area (TPSA) is 153 Å². The van der Waals surface area contributed by atoms with Crippen LogP contribution in [0.25, 0.3) is 0 Å². The third-order valence-corrected chi connectivity index (χ3v) is 6.77. The van der Waals surface area contributed by atoms with Gasteiger partial charge in [-0.2, -0.15) is 4.31 Å². The van der Waals surface area contributed by atoms with Gasteiger partial charge in [-0.15, -0.1) is 0 Å². The number of sulfonamides is 1. The van der Waals surface area contributed by atoms with Crippen LogP contribution in [-0.4, -0.2) is 76.8 Å². The van der Waals surface area contributed by atoms with Crippen LogP contribution in [0.2, 0.25) is 0 Å². The van der Waals surface area contributed by atoms with E-state index in [9.17, 15) is 31.7 Å². The fraction of sp³-hybridized carbons (Fsp3) is 0.500. The summed E-state index contributed by atoms with van der Waals surface area (Å²) < 4.78 is 54.0. The van der Waals surface area contributed by atoms with Crippen molar-refractivity contribution in [2.24, 2.45) is 0 Å². The van der Waals surface area contributed by atoms with E-state index in [1.807, 2.05) is 0 Å². The highest BCUT2D eigenvalue weighted by Gasteiger charge is 2.24. The molecule has 0 aromatic heterocycles. The zero-order valence-corrected chi connectivity index (χ0v) is 16.1. The Labute approximate surface area is 156 Å². The van der Waals surface area contributed by atoms with E-state index in [0.29, 0.717) is 13.2 Å². The zero-order valence-electron chi connectivity index (χ0n) is 14.5. The van der Waals surface area contributed by atoms with Crippen molar-refractivity contribution in [3.63, 3.8) is 0 Å². The quantitative estimate of drug-likeness (QED) is 0.452. The fourth-order valence-electron chi connectivity index (χ4n) is 2.38. The molecule has 0 saturated carbocycles. The number of carbonyl (C=O) groups is 1. The number of carbonyl (C=O) groups excluding carboxylic acids is 1. The Morgan fingerprint density at radius 1 is 1.22 bits per heavy atom. The average molecular weight is 421 g/mol. The maximum atomic E-state index is 12.2. The molecule has 1 fully saturated rings. The number of nitro groups is 1. The van der Waals surface area contributed by atoms with Crippen LogP contribution in [0.1, 0.15) is 10.4 Å². The van der Waals surface area contributed by atoms with Crippen LogP contribution in [-0.2, 0) is 24.6 Å². The summed E-state index contributed by atoms with van der Waals surface area (Å²) in [6, 6.07) is 2.80. The van der Waals surface area contributed by atoms with Gasteiger partial charge in [-0.25, -0.2) is 16.8 Å². The zero-order chi connectivity index (χ0) is 20.2. The second kappa shape index (κ2) is 8.29. The van der Waals surface area contributed by atoms with Crippen molar-refractivity contribution in [3.8, 4) is 0 Å². The minimum absolute atomic E-state index is 0.227. The molecule has 1 saturated heterocycles. The number of nitrogens with one attached hydrogen (secondary N) is 1. The number of hydrogen-bond donors (Lipinski definition) is 1. The van der Waals surface area contributed by atoms with Crippen molar-refractivity contribution >= 4 is 31.5 Å². The molecule has 2 rings (SSSR count). The van der Waals surface area contributed by atoms with E-state index in [2.05, 4.69) is 5.32 Å². The fourth-order valence-corrected chi connectivity index (χ4v) is 4.38. The summed E-state index contributed by atoms with van der Waals surface area (Å²) in [6.07, 6.45) is 0.864. The summed E-state index contributed by atoms with van der Waals surface area (Å²) in [5.41, 5.74) is -0.794. The van der Waals surface area contributed by atoms with E-state index in [1.54, 1.807) is 0 Å². The maximum Gasteiger partial charge on any atom is 0.271 e. The Bertz CT molecular complexity index is 937. The Morgan fingerprint density at radius 2 is 1.85 bits per heavy atom. The first-order valence-corrected chi connectivity index (χ1v) is 11.3. The van der Waals surface area contributed by atoms with Crippen LogP contribution in [0, 0.1) is 10.1 Å². The number of benzene rings is 1. The molecule has 1 heterocycles. The van der Waals surface area contributed by atoms with Crippen LogP contribution in [0.4, 0.5) is 5.69 Å². The second-order valence-electron chi connectivity index (χ2n) is 5.83. The standard InChI is InChI=1S/C14H19N3O8S2/c1-26(21,22)13-9-11(8-12(10-13)17(19)20)14(18)15-2-7-27(23,24)16-3-5-25-6-4-16/h8-10H,2-7H2,1H3,(H,15,18). The van der Waals surface area contributed by atoms with Gasteiger partial charge < -0.3 is 10.1 Å². The first kappa shape index (κ1) is 21.2. The number of ether oxygens (including phenoxy) is 1. The number of nitrogens with zero attached hydrogens (tertiary/aromatic N) is 2. The van der Waals surface area contributed by atoms with Gasteiger partial charge in [0.15, 0.2) is 9.84 Å². The molecule has 0 atom stereocenters. The molecule has 11 nitrogen and oxygen atoms in total. The molecule has 1 N–H and O–H groups in total. The van der Waals surface area contributed by atoms with Crippen LogP contribution in [0.3, 0.4) is 0 Å². The molecule has 0 unspecified atom stereocenters. The predicted molar refractivity (Wildman–Crippen MR) is 94.7 cm³/mol. The third kappa shape index (κ3) is 5.69. The van der Waals surface area contributed by atoms with Crippen molar-refractivity contribution in [1.82, 2.24) is 9.62 Å². The normalized spacial score (nSPS) is 16.0. The van der Waals surface area contributed by atoms with Gasteiger partial charge in [-0.05, 0) is 6.07 Å². The van der Waals surface area contributed by atoms with E-state index in [1.165, 1.54) is 4.31 Å². The molecule has 0 spiro atoms. The van der Waals surface area contributed by atoms with Crippen molar-refractivity contribution in [1.29, 1.82) is 0 Å². The molecule has 1 amide bonds. The van der Waals surface area contributed by atoms with E-state index in [-0.39, 0.29) is 35.8 Å². The summed E-state index contributed by atoms with van der Waals surface area (Å²) in [5, 5.41) is 13.3. The van der Waals surface area contributed by atoms with Gasteiger partial charge in [0.05, 0.1) is 28.8 Å². The van der Waals surface area contributed by atoms with Crippen molar-refractivity contribution in [3.05, 3.63) is 33.9 Å². The number of morpholine rings is 1. The van der Waals surface area contributed by atoms with Crippen molar-refractivity contribution < 1.29 is 31.3 Å². The van der Waals surface area contributed by atoms with E-state index < -0.39 is 36.4 Å². The second-order valence-corrected chi connectivity index (χ2v) is 9.93. The highest BCUT2D eigenvalue weighted by atomic mass is 32.2. The molecule has 150 valence electrons. The number of sulfone groups is 1. The Balaban J connectivity index is 2.09. The lowest BCUT2D eigenvalue weighted by atomic mass is 10.2. The van der Waals surface area contributed by atoms with Gasteiger partial charge in [0, 0.05) is 43.6 Å². The van der Waals surface area contributed by atoms with E-state index >= 15 is 0 Å². The number of rotatable bonds is 7. The summed E-state index contributed by atoms with van der Waals surface area (Å²) >= 11 is 0. The first-order valence-electron chi connectivity index (χ1n) is 7.84. The third-order valence-electron chi connectivity index (χ3n) is 3.80. The summed E-state index contributed by atoms with van der Waals surface area (Å²) in [4.78, 5) is 22.0. The molecule has 0 aliphatic carbocycles. The lowest BCUT2D eigenvalue weighted by Gasteiger charge is -2.26. The summed E-state index contributed by atoms with van der Waals surface area (Å²) in [6.45, 7) is 0.842. The molecule has 27 heavy (non-hydrogen) atoms. The van der Waals surface area contributed by atoms with Crippen LogP contribution >= 0.6 is 0 Å². The van der Waals surface area contributed by atoms with Crippen molar-refractivity contribution in [2.45, 2.75) is 4.90 Å². The van der Waals surface area contributed by atoms with Crippen molar-refractivity contribution in [2.75, 3.05) is 44.9 Å². The van der Waals surface area contributed by atoms with Gasteiger partial charge in [0.25, 0.3) is 11.6 Å². The Kier molecular flexibility index (Phi) is 6.51. The largest absolute Gasteiger partial charge is 0.379 e. The highest BCUT2D eigenvalue weighted by Crippen LogP contribution is 2.21. The van der Waals surface area contributed by atoms with Gasteiger partial charge in [-0.3, -0.25) is 14.9 Å². The van der Waals surface area contributed by atoms with Gasteiger partial charge in [0.1, 0.15) is 0 Å². The Morgan fingerprint density at radius 3 is 2.41 bits per heavy atom. The highest BCUT2D eigenvalue weighted by molar-refractivity contribution is 7.90. The smallest absolute Gasteiger partial charge is 0.271 e. The predicted octanol–water partition coefficient (Wildman–Crippen LogP) is -0.610. The van der Waals surface area contributed by atoms with Crippen LogP contribution in [0.15, 0.2) is 23.1 Å². The SMILES string of the molecule is CS(=O)(=O)c1cc(C(=O)NCCS(=O)(=O)N2CCOCC2)cc([N+](=O)[O-])c1. The van der Waals surface area contributed by atoms with Crippen LogP contribution in [0.5, 0.6) is 0 Å². The number of hydrogen-bond acceptors (Lipinski definition) is 8. The number of non-ortho nitro benzene ring substituents is 1. The molecule has 1 aliphatic heterocycles. The lowest BCUT2D eigenvalue weighted by molar-refractivity contribution is -0.385. The number of nitro benzene ring substituents is 1. The first-order chi connectivity index (χ1) is 12.5. The molecule has 0 bridgehead atoms. The van der Waals surface area contributed by atoms with Gasteiger partial charge >= 0.3 is 0 Å². The molecular formula is C14H19N3O8S2. The summed E-state index contributed by atoms with van der Waals surface area (Å²) in [7, 11) is -7.35. The van der Waals surface area contributed by atoms with E-state index in [0.717, 1.165) is 24.5 Å². The molecular weight excluding hydrogens is 402 g/mol. The van der Waals surface area contributed by atoms with E-state index in [4.69, 9.17) is 4.74 Å². The van der Waals surface area contributed by atoms with Gasteiger partial charge in [0.2, 0.25) is 10.0 Å². The maximum absolute atomic E-state index is 12.2. The number of amides is 1. The molecule has 1 aromatic rings. The minimum atomic E-state index is -3.77. The molecule has 1 aliphatic rings.